The van der Waals surface area contributed by atoms with Gasteiger partial charge in [0.1, 0.15) is 11.6 Å². The number of fused-ring (bicyclic) bond motifs is 1. The summed E-state index contributed by atoms with van der Waals surface area (Å²) in [5, 5.41) is -0.967. The van der Waals surface area contributed by atoms with Crippen molar-refractivity contribution in [2.45, 2.75) is 19.5 Å². The highest BCUT2D eigenvalue weighted by atomic mass is 19.3. The lowest BCUT2D eigenvalue weighted by atomic mass is 9.98. The van der Waals surface area contributed by atoms with Crippen molar-refractivity contribution in [2.24, 2.45) is 0 Å². The number of allylic oxidation sites excluding steroid dienone is 1. The van der Waals surface area contributed by atoms with Crippen LogP contribution in [0.1, 0.15) is 12.0 Å². The number of rotatable bonds is 6. The fourth-order valence-corrected chi connectivity index (χ4v) is 2.96. The molecule has 0 aliphatic carbocycles. The molecule has 0 amide bonds. The maximum atomic E-state index is 14.5. The predicted octanol–water partition coefficient (Wildman–Crippen LogP) is 6.78. The van der Waals surface area contributed by atoms with Gasteiger partial charge in [-0.15, -0.1) is 6.58 Å². The van der Waals surface area contributed by atoms with E-state index in [0.29, 0.717) is 24.5 Å². The summed E-state index contributed by atoms with van der Waals surface area (Å²) in [6.07, 6.45) is 2.93. The van der Waals surface area contributed by atoms with Crippen molar-refractivity contribution in [3.8, 4) is 16.9 Å². The minimum atomic E-state index is -3.47. The molecule has 0 saturated carbocycles. The second-order valence-electron chi connectivity index (χ2n) is 6.08. The molecule has 0 aromatic heterocycles. The van der Waals surface area contributed by atoms with Gasteiger partial charge in [-0.3, -0.25) is 0 Å². The first kappa shape index (κ1) is 19.8. The Bertz CT molecular complexity index is 1040. The average molecular weight is 396 g/mol. The van der Waals surface area contributed by atoms with Crippen molar-refractivity contribution >= 4 is 10.8 Å². The topological polar surface area (TPSA) is 9.23 Å². The molecule has 0 radical (unpaired) electrons. The highest BCUT2D eigenvalue weighted by molar-refractivity contribution is 5.90. The Hall–Kier alpha value is -2.96. The molecule has 0 aliphatic rings. The molecule has 0 atom stereocenters. The Labute approximate surface area is 156 Å². The van der Waals surface area contributed by atoms with Crippen molar-refractivity contribution in [1.82, 2.24) is 0 Å². The van der Waals surface area contributed by atoms with Gasteiger partial charge in [0.05, 0.1) is 5.39 Å². The molecule has 0 heterocycles. The van der Waals surface area contributed by atoms with Gasteiger partial charge in [0.25, 0.3) is 0 Å². The van der Waals surface area contributed by atoms with Gasteiger partial charge in [0.2, 0.25) is 0 Å². The fourth-order valence-electron chi connectivity index (χ4n) is 2.96. The Morgan fingerprint density at radius 1 is 0.929 bits per heavy atom. The molecule has 0 saturated heterocycles. The minimum Gasteiger partial charge on any atom is -0.429 e. The number of aryl methyl sites for hydroxylation is 1. The van der Waals surface area contributed by atoms with Crippen molar-refractivity contribution in [3.05, 3.63) is 77.9 Å². The minimum absolute atomic E-state index is 0.0388. The van der Waals surface area contributed by atoms with Gasteiger partial charge in [0.15, 0.2) is 17.4 Å². The molecular weight excluding hydrogens is 382 g/mol. The lowest BCUT2D eigenvalue weighted by molar-refractivity contribution is -0.0544. The Balaban J connectivity index is 2.11. The molecule has 28 heavy (non-hydrogen) atoms. The van der Waals surface area contributed by atoms with Crippen molar-refractivity contribution in [3.63, 3.8) is 0 Å². The Morgan fingerprint density at radius 3 is 2.32 bits per heavy atom. The molecule has 7 heteroatoms. The van der Waals surface area contributed by atoms with E-state index in [2.05, 4.69) is 11.3 Å². The maximum Gasteiger partial charge on any atom is 0.387 e. The molecule has 3 aromatic rings. The van der Waals surface area contributed by atoms with Gasteiger partial charge >= 0.3 is 6.61 Å². The van der Waals surface area contributed by atoms with Gasteiger partial charge < -0.3 is 4.74 Å². The lowest BCUT2D eigenvalue weighted by Crippen LogP contribution is -2.06. The molecule has 0 bridgehead atoms. The van der Waals surface area contributed by atoms with Gasteiger partial charge in [-0.25, -0.2) is 17.6 Å². The van der Waals surface area contributed by atoms with E-state index >= 15 is 0 Å². The zero-order chi connectivity index (χ0) is 20.4. The van der Waals surface area contributed by atoms with Crippen LogP contribution in [-0.2, 0) is 6.42 Å². The third-order valence-corrected chi connectivity index (χ3v) is 4.23. The molecule has 0 N–H and O–H groups in total. The molecule has 0 unspecified atom stereocenters. The first-order valence-electron chi connectivity index (χ1n) is 8.27. The number of hydrogen-bond acceptors (Lipinski definition) is 1. The summed E-state index contributed by atoms with van der Waals surface area (Å²) in [6.45, 7) is 0.116. The zero-order valence-corrected chi connectivity index (χ0v) is 14.4. The summed E-state index contributed by atoms with van der Waals surface area (Å²) >= 11 is 0. The van der Waals surface area contributed by atoms with Crippen LogP contribution < -0.4 is 4.74 Å². The number of ether oxygens (including phenoxy) is 1. The summed E-state index contributed by atoms with van der Waals surface area (Å²) < 4.78 is 85.7. The van der Waals surface area contributed by atoms with Crippen LogP contribution >= 0.6 is 0 Å². The quantitative estimate of drug-likeness (QED) is 0.330. The highest BCUT2D eigenvalue weighted by Crippen LogP contribution is 2.36. The SMILES string of the molecule is C=CCCc1ccc(-c2cc(F)c3c(F)c(OC(F)F)c(F)cc3c2)c(F)c1. The third kappa shape index (κ3) is 3.83. The van der Waals surface area contributed by atoms with Gasteiger partial charge in [-0.05, 0) is 53.6 Å². The smallest absolute Gasteiger partial charge is 0.387 e. The van der Waals surface area contributed by atoms with Crippen LogP contribution in [0.4, 0.5) is 26.3 Å². The Morgan fingerprint density at radius 2 is 1.68 bits per heavy atom. The highest BCUT2D eigenvalue weighted by Gasteiger charge is 2.22. The molecule has 0 aliphatic heterocycles. The Kier molecular flexibility index (Phi) is 5.63. The number of benzene rings is 3. The summed E-state index contributed by atoms with van der Waals surface area (Å²) in [5.74, 6) is -6.15. The summed E-state index contributed by atoms with van der Waals surface area (Å²) in [4.78, 5) is 0. The summed E-state index contributed by atoms with van der Waals surface area (Å²) in [5.41, 5.74) is 0.810. The number of halogens is 6. The average Bonchev–Trinajstić information content (AvgIpc) is 2.62. The molecule has 0 spiro atoms. The maximum absolute atomic E-state index is 14.5. The van der Waals surface area contributed by atoms with Crippen LogP contribution in [0.25, 0.3) is 21.9 Å². The molecule has 3 rings (SSSR count). The van der Waals surface area contributed by atoms with Crippen molar-refractivity contribution in [2.75, 3.05) is 0 Å². The second-order valence-corrected chi connectivity index (χ2v) is 6.08. The molecule has 0 fully saturated rings. The first-order valence-corrected chi connectivity index (χ1v) is 8.27. The standard InChI is InChI=1S/C21H14F6O/c1-2-3-4-11-5-6-14(15(22)7-11)12-8-13-10-17(24)20(28-21(26)27)19(25)18(13)16(23)9-12/h2,5-10,21H,1,3-4H2. The monoisotopic (exact) mass is 396 g/mol. The van der Waals surface area contributed by atoms with Gasteiger partial charge in [-0.1, -0.05) is 18.2 Å². The molecular formula is C21H14F6O. The van der Waals surface area contributed by atoms with E-state index in [1.807, 2.05) is 0 Å². The normalized spacial score (nSPS) is 11.2. The number of hydrogen-bond donors (Lipinski definition) is 0. The van der Waals surface area contributed by atoms with E-state index in [1.165, 1.54) is 18.2 Å². The van der Waals surface area contributed by atoms with Crippen LogP contribution in [0.3, 0.4) is 0 Å². The number of alkyl halides is 2. The van der Waals surface area contributed by atoms with Crippen LogP contribution in [0.5, 0.6) is 5.75 Å². The third-order valence-electron chi connectivity index (χ3n) is 4.23. The molecule has 146 valence electrons. The van der Waals surface area contributed by atoms with Crippen LogP contribution in [0, 0.1) is 23.3 Å². The summed E-state index contributed by atoms with van der Waals surface area (Å²) in [6, 6.07) is 7.09. The van der Waals surface area contributed by atoms with Crippen LogP contribution in [0.2, 0.25) is 0 Å². The second kappa shape index (κ2) is 7.96. The van der Waals surface area contributed by atoms with E-state index in [0.717, 1.165) is 6.07 Å². The van der Waals surface area contributed by atoms with E-state index in [1.54, 1.807) is 12.1 Å². The van der Waals surface area contributed by atoms with Crippen molar-refractivity contribution in [1.29, 1.82) is 0 Å². The van der Waals surface area contributed by atoms with E-state index < -0.39 is 41.0 Å². The van der Waals surface area contributed by atoms with Gasteiger partial charge in [0, 0.05) is 5.56 Å². The lowest BCUT2D eigenvalue weighted by Gasteiger charge is -2.12. The predicted molar refractivity (Wildman–Crippen MR) is 94.4 cm³/mol. The first-order chi connectivity index (χ1) is 13.3. The molecule has 3 aromatic carbocycles. The molecule has 1 nitrogen and oxygen atoms in total. The largest absolute Gasteiger partial charge is 0.429 e. The summed E-state index contributed by atoms with van der Waals surface area (Å²) in [7, 11) is 0. The van der Waals surface area contributed by atoms with Crippen molar-refractivity contribution < 1.29 is 31.1 Å². The van der Waals surface area contributed by atoms with Crippen LogP contribution in [-0.4, -0.2) is 6.61 Å². The fraction of sp³-hybridized carbons (Fsp3) is 0.143. The van der Waals surface area contributed by atoms with Gasteiger partial charge in [-0.2, -0.15) is 8.78 Å². The van der Waals surface area contributed by atoms with E-state index in [-0.39, 0.29) is 16.5 Å². The zero-order valence-electron chi connectivity index (χ0n) is 14.4. The van der Waals surface area contributed by atoms with E-state index in [4.69, 9.17) is 0 Å². The van der Waals surface area contributed by atoms with E-state index in [9.17, 15) is 26.3 Å². The van der Waals surface area contributed by atoms with Crippen LogP contribution in [0.15, 0.2) is 49.1 Å².